The minimum Gasteiger partial charge on any atom is -0.450 e. The lowest BCUT2D eigenvalue weighted by Gasteiger charge is -2.22. The average molecular weight is 457 g/mol. The minimum atomic E-state index is -0.950. The topological polar surface area (TPSA) is 63.4 Å². The SMILES string of the molecule is O=C1c2oc3ccc(Br)cc3c(=O)c2[C@@H](c2ccccc2F)N1c1nccs1. The highest BCUT2D eigenvalue weighted by molar-refractivity contribution is 9.10. The fourth-order valence-corrected chi connectivity index (χ4v) is 4.50. The van der Waals surface area contributed by atoms with Crippen LogP contribution in [0.3, 0.4) is 0 Å². The van der Waals surface area contributed by atoms with Gasteiger partial charge in [0, 0.05) is 21.6 Å². The van der Waals surface area contributed by atoms with Gasteiger partial charge in [-0.1, -0.05) is 34.1 Å². The van der Waals surface area contributed by atoms with Gasteiger partial charge in [-0.3, -0.25) is 14.5 Å². The number of anilines is 1. The van der Waals surface area contributed by atoms with E-state index in [1.54, 1.807) is 48.0 Å². The van der Waals surface area contributed by atoms with Crippen LogP contribution in [0.25, 0.3) is 11.0 Å². The second kappa shape index (κ2) is 6.35. The highest BCUT2D eigenvalue weighted by Crippen LogP contribution is 2.42. The molecule has 0 spiro atoms. The van der Waals surface area contributed by atoms with Crippen molar-refractivity contribution in [1.29, 1.82) is 0 Å². The van der Waals surface area contributed by atoms with Gasteiger partial charge in [0.05, 0.1) is 10.9 Å². The van der Waals surface area contributed by atoms with Crippen LogP contribution in [-0.4, -0.2) is 10.9 Å². The molecule has 5 nitrogen and oxygen atoms in total. The summed E-state index contributed by atoms with van der Waals surface area (Å²) in [6.07, 6.45) is 1.55. The predicted octanol–water partition coefficient (Wildman–Crippen LogP) is 4.90. The van der Waals surface area contributed by atoms with Crippen molar-refractivity contribution in [3.63, 3.8) is 0 Å². The van der Waals surface area contributed by atoms with Gasteiger partial charge in [-0.25, -0.2) is 9.37 Å². The molecule has 5 rings (SSSR count). The summed E-state index contributed by atoms with van der Waals surface area (Å²) in [5, 5.41) is 2.41. The molecule has 1 atom stereocenters. The minimum absolute atomic E-state index is 0.0803. The van der Waals surface area contributed by atoms with Gasteiger partial charge in [0.15, 0.2) is 10.6 Å². The smallest absolute Gasteiger partial charge is 0.297 e. The van der Waals surface area contributed by atoms with Gasteiger partial charge in [-0.2, -0.15) is 0 Å². The Labute approximate surface area is 170 Å². The zero-order valence-corrected chi connectivity index (χ0v) is 16.5. The predicted molar refractivity (Wildman–Crippen MR) is 107 cm³/mol. The van der Waals surface area contributed by atoms with Gasteiger partial charge in [-0.05, 0) is 24.3 Å². The van der Waals surface area contributed by atoms with Crippen LogP contribution < -0.4 is 10.3 Å². The number of nitrogens with zero attached hydrogens (tertiary/aromatic N) is 2. The molecule has 0 fully saturated rings. The first-order valence-corrected chi connectivity index (χ1v) is 9.97. The molecule has 1 aliphatic heterocycles. The summed E-state index contributed by atoms with van der Waals surface area (Å²) in [4.78, 5) is 32.0. The summed E-state index contributed by atoms with van der Waals surface area (Å²) in [7, 11) is 0. The standard InChI is InChI=1S/C20H10BrFN2O3S/c21-10-5-6-14-12(9-10)17(25)15-16(11-3-1-2-4-13(11)22)24(19(26)18(15)27-14)20-23-7-8-28-20/h1-9,16H/t16-/m1/s1. The van der Waals surface area contributed by atoms with Gasteiger partial charge in [-0.15, -0.1) is 11.3 Å². The lowest BCUT2D eigenvalue weighted by molar-refractivity contribution is 0.0970. The number of hydrogen-bond donors (Lipinski definition) is 0. The lowest BCUT2D eigenvalue weighted by atomic mass is 9.98. The Hall–Kier alpha value is -2.84. The Morgan fingerprint density at radius 1 is 1.18 bits per heavy atom. The summed E-state index contributed by atoms with van der Waals surface area (Å²) >= 11 is 4.58. The fraction of sp³-hybridized carbons (Fsp3) is 0.0500. The number of benzene rings is 2. The van der Waals surface area contributed by atoms with E-state index >= 15 is 0 Å². The van der Waals surface area contributed by atoms with Crippen molar-refractivity contribution >= 4 is 49.3 Å². The molecule has 0 radical (unpaired) electrons. The first-order chi connectivity index (χ1) is 13.6. The number of carbonyl (C=O) groups excluding carboxylic acids is 1. The molecule has 2 aromatic heterocycles. The van der Waals surface area contributed by atoms with Crippen molar-refractivity contribution in [3.8, 4) is 0 Å². The first-order valence-electron chi connectivity index (χ1n) is 8.30. The van der Waals surface area contributed by atoms with Gasteiger partial charge >= 0.3 is 0 Å². The summed E-state index contributed by atoms with van der Waals surface area (Å²) in [6, 6.07) is 10.1. The molecule has 0 N–H and O–H groups in total. The van der Waals surface area contributed by atoms with Crippen molar-refractivity contribution in [3.05, 3.63) is 91.4 Å². The molecular formula is C20H10BrFN2O3S. The molecule has 138 valence electrons. The Morgan fingerprint density at radius 2 is 2.00 bits per heavy atom. The van der Waals surface area contributed by atoms with E-state index in [2.05, 4.69) is 20.9 Å². The van der Waals surface area contributed by atoms with E-state index in [1.807, 2.05) is 0 Å². The maximum absolute atomic E-state index is 14.7. The third-order valence-electron chi connectivity index (χ3n) is 4.66. The summed E-state index contributed by atoms with van der Waals surface area (Å²) in [6.45, 7) is 0. The average Bonchev–Trinajstić information content (AvgIpc) is 3.30. The van der Waals surface area contributed by atoms with Crippen LogP contribution in [0.15, 0.2) is 67.7 Å². The van der Waals surface area contributed by atoms with E-state index in [9.17, 15) is 14.0 Å². The number of halogens is 2. The monoisotopic (exact) mass is 456 g/mol. The highest BCUT2D eigenvalue weighted by Gasteiger charge is 2.45. The quantitative estimate of drug-likeness (QED) is 0.430. The van der Waals surface area contributed by atoms with Crippen molar-refractivity contribution in [2.45, 2.75) is 6.04 Å². The number of thiazole rings is 1. The summed E-state index contributed by atoms with van der Waals surface area (Å²) in [5.41, 5.74) is 0.272. The van der Waals surface area contributed by atoms with Crippen molar-refractivity contribution < 1.29 is 13.6 Å². The molecule has 0 saturated carbocycles. The molecule has 1 amide bonds. The zero-order valence-electron chi connectivity index (χ0n) is 14.1. The number of fused-ring (bicyclic) bond motifs is 2. The van der Waals surface area contributed by atoms with Crippen LogP contribution in [-0.2, 0) is 0 Å². The largest absolute Gasteiger partial charge is 0.450 e. The fourth-order valence-electron chi connectivity index (χ4n) is 3.47. The molecular weight excluding hydrogens is 447 g/mol. The second-order valence-corrected chi connectivity index (χ2v) is 8.02. The van der Waals surface area contributed by atoms with E-state index in [0.717, 1.165) is 0 Å². The Balaban J connectivity index is 1.87. The third-order valence-corrected chi connectivity index (χ3v) is 5.92. The van der Waals surface area contributed by atoms with Crippen molar-refractivity contribution in [1.82, 2.24) is 4.98 Å². The van der Waals surface area contributed by atoms with E-state index < -0.39 is 17.8 Å². The van der Waals surface area contributed by atoms with Gasteiger partial charge < -0.3 is 4.42 Å². The Morgan fingerprint density at radius 3 is 2.75 bits per heavy atom. The third kappa shape index (κ3) is 2.45. The van der Waals surface area contributed by atoms with Gasteiger partial charge in [0.25, 0.3) is 5.91 Å². The molecule has 3 heterocycles. The zero-order chi connectivity index (χ0) is 19.4. The number of rotatable bonds is 2. The van der Waals surface area contributed by atoms with E-state index in [1.165, 1.54) is 22.3 Å². The Bertz CT molecular complexity index is 1300. The van der Waals surface area contributed by atoms with Gasteiger partial charge in [0.1, 0.15) is 17.4 Å². The molecule has 2 aromatic carbocycles. The van der Waals surface area contributed by atoms with Crippen molar-refractivity contribution in [2.24, 2.45) is 0 Å². The molecule has 8 heteroatoms. The first kappa shape index (κ1) is 17.3. The molecule has 0 unspecified atom stereocenters. The maximum atomic E-state index is 14.7. The van der Waals surface area contributed by atoms with E-state index in [4.69, 9.17) is 4.42 Å². The molecule has 4 aromatic rings. The normalized spacial score (nSPS) is 16.0. The summed E-state index contributed by atoms with van der Waals surface area (Å²) in [5.74, 6) is -1.10. The number of amides is 1. The van der Waals surface area contributed by atoms with Crippen LogP contribution >= 0.6 is 27.3 Å². The van der Waals surface area contributed by atoms with Crippen LogP contribution in [0.4, 0.5) is 9.52 Å². The van der Waals surface area contributed by atoms with Crippen LogP contribution in [0.5, 0.6) is 0 Å². The molecule has 0 aliphatic carbocycles. The van der Waals surface area contributed by atoms with Crippen molar-refractivity contribution in [2.75, 3.05) is 4.90 Å². The van der Waals surface area contributed by atoms with E-state index in [-0.39, 0.29) is 22.3 Å². The lowest BCUT2D eigenvalue weighted by Crippen LogP contribution is -2.29. The van der Waals surface area contributed by atoms with Crippen LogP contribution in [0, 0.1) is 5.82 Å². The molecule has 28 heavy (non-hydrogen) atoms. The second-order valence-electron chi connectivity index (χ2n) is 6.23. The van der Waals surface area contributed by atoms with Crippen LogP contribution in [0.1, 0.15) is 27.7 Å². The number of aromatic nitrogens is 1. The number of hydrogen-bond acceptors (Lipinski definition) is 5. The molecule has 0 saturated heterocycles. The summed E-state index contributed by atoms with van der Waals surface area (Å²) < 4.78 is 21.2. The maximum Gasteiger partial charge on any atom is 0.297 e. The highest BCUT2D eigenvalue weighted by atomic mass is 79.9. The van der Waals surface area contributed by atoms with E-state index in [0.29, 0.717) is 20.6 Å². The Kier molecular flexibility index (Phi) is 3.92. The van der Waals surface area contributed by atoms with Gasteiger partial charge in [0.2, 0.25) is 5.76 Å². The van der Waals surface area contributed by atoms with Crippen LogP contribution in [0.2, 0.25) is 0 Å². The number of carbonyl (C=O) groups is 1. The molecule has 0 bridgehead atoms. The molecule has 1 aliphatic rings.